The van der Waals surface area contributed by atoms with Gasteiger partial charge in [-0.1, -0.05) is 6.42 Å². The third kappa shape index (κ3) is 2.52. The second-order valence-corrected chi connectivity index (χ2v) is 5.85. The summed E-state index contributed by atoms with van der Waals surface area (Å²) in [7, 11) is -3.52. The lowest BCUT2D eigenvalue weighted by Gasteiger charge is -2.25. The lowest BCUT2D eigenvalue weighted by Crippen LogP contribution is -2.39. The second-order valence-electron chi connectivity index (χ2n) is 4.18. The van der Waals surface area contributed by atoms with Crippen molar-refractivity contribution >= 4 is 21.7 Å². The molecule has 2 rings (SSSR count). The number of aromatic nitrogens is 2. The van der Waals surface area contributed by atoms with Gasteiger partial charge in [-0.15, -0.1) is 0 Å². The van der Waals surface area contributed by atoms with E-state index in [1.54, 1.807) is 6.92 Å². The molecule has 0 unspecified atom stereocenters. The molecule has 7 nitrogen and oxygen atoms in total. The molecule has 0 radical (unpaired) electrons. The summed E-state index contributed by atoms with van der Waals surface area (Å²) in [6.45, 7) is 2.85. The zero-order chi connectivity index (χ0) is 12.5. The van der Waals surface area contributed by atoms with E-state index in [9.17, 15) is 8.42 Å². The predicted octanol–water partition coefficient (Wildman–Crippen LogP) is 0.443. The highest BCUT2D eigenvalue weighted by Crippen LogP contribution is 2.21. The van der Waals surface area contributed by atoms with Gasteiger partial charge in [0.25, 0.3) is 0 Å². The first kappa shape index (κ1) is 12.2. The smallest absolute Gasteiger partial charge is 0.302 e. The fraction of sp³-hybridized carbons (Fsp3) is 0.667. The van der Waals surface area contributed by atoms with Gasteiger partial charge in [0.1, 0.15) is 0 Å². The van der Waals surface area contributed by atoms with Gasteiger partial charge in [0.2, 0.25) is 0 Å². The lowest BCUT2D eigenvalue weighted by molar-refractivity contribution is 0.349. The molecule has 8 heteroatoms. The van der Waals surface area contributed by atoms with E-state index in [2.05, 4.69) is 14.9 Å². The fourth-order valence-corrected chi connectivity index (χ4v) is 3.08. The minimum absolute atomic E-state index is 0.174. The number of hydrogen-bond acceptors (Lipinski definition) is 4. The Labute approximate surface area is 101 Å². The molecule has 0 amide bonds. The maximum atomic E-state index is 12.0. The Kier molecular flexibility index (Phi) is 3.25. The van der Waals surface area contributed by atoms with E-state index in [0.29, 0.717) is 24.5 Å². The number of anilines is 2. The molecule has 4 N–H and O–H groups in total. The number of piperidine rings is 1. The van der Waals surface area contributed by atoms with E-state index in [1.807, 2.05) is 0 Å². The Morgan fingerprint density at radius 3 is 2.53 bits per heavy atom. The SMILES string of the molecule is Cc1[nH]nc(NS(=O)(=O)N2CCCCC2)c1N. The van der Waals surface area contributed by atoms with Crippen molar-refractivity contribution in [2.24, 2.45) is 0 Å². The number of rotatable bonds is 3. The van der Waals surface area contributed by atoms with Gasteiger partial charge in [0.15, 0.2) is 5.82 Å². The highest BCUT2D eigenvalue weighted by atomic mass is 32.2. The topological polar surface area (TPSA) is 104 Å². The normalized spacial score (nSPS) is 18.2. The summed E-state index contributed by atoms with van der Waals surface area (Å²) in [6.07, 6.45) is 2.88. The molecule has 96 valence electrons. The lowest BCUT2D eigenvalue weighted by atomic mass is 10.2. The molecule has 17 heavy (non-hydrogen) atoms. The van der Waals surface area contributed by atoms with Crippen LogP contribution in [0.1, 0.15) is 25.0 Å². The summed E-state index contributed by atoms with van der Waals surface area (Å²) >= 11 is 0. The summed E-state index contributed by atoms with van der Waals surface area (Å²) in [5.41, 5.74) is 6.69. The van der Waals surface area contributed by atoms with Crippen LogP contribution in [0.25, 0.3) is 0 Å². The van der Waals surface area contributed by atoms with E-state index in [0.717, 1.165) is 19.3 Å². The van der Waals surface area contributed by atoms with Crippen LogP contribution in [0.15, 0.2) is 0 Å². The van der Waals surface area contributed by atoms with Crippen molar-refractivity contribution in [2.45, 2.75) is 26.2 Å². The number of nitrogen functional groups attached to an aromatic ring is 1. The van der Waals surface area contributed by atoms with Crippen molar-refractivity contribution in [1.29, 1.82) is 0 Å². The van der Waals surface area contributed by atoms with E-state index in [-0.39, 0.29) is 5.82 Å². The average molecular weight is 259 g/mol. The van der Waals surface area contributed by atoms with E-state index in [4.69, 9.17) is 5.73 Å². The highest BCUT2D eigenvalue weighted by Gasteiger charge is 2.25. The van der Waals surface area contributed by atoms with Crippen LogP contribution in [0.2, 0.25) is 0 Å². The fourth-order valence-electron chi connectivity index (χ4n) is 1.81. The van der Waals surface area contributed by atoms with Gasteiger partial charge in [-0.05, 0) is 19.8 Å². The molecule has 1 saturated heterocycles. The van der Waals surface area contributed by atoms with E-state index >= 15 is 0 Å². The average Bonchev–Trinajstić information content (AvgIpc) is 2.62. The molecule has 1 aliphatic rings. The zero-order valence-corrected chi connectivity index (χ0v) is 10.5. The maximum Gasteiger partial charge on any atom is 0.302 e. The molecule has 0 bridgehead atoms. The number of aromatic amines is 1. The van der Waals surface area contributed by atoms with Crippen LogP contribution >= 0.6 is 0 Å². The Hall–Kier alpha value is -1.28. The number of H-pyrrole nitrogens is 1. The molecular formula is C9H17N5O2S. The van der Waals surface area contributed by atoms with Gasteiger partial charge in [-0.2, -0.15) is 17.8 Å². The number of hydrogen-bond donors (Lipinski definition) is 3. The highest BCUT2D eigenvalue weighted by molar-refractivity contribution is 7.90. The van der Waals surface area contributed by atoms with Crippen molar-refractivity contribution in [1.82, 2.24) is 14.5 Å². The first-order chi connectivity index (χ1) is 8.00. The van der Waals surface area contributed by atoms with Crippen LogP contribution in [0.4, 0.5) is 11.5 Å². The summed E-state index contributed by atoms with van der Waals surface area (Å²) in [5.74, 6) is 0.174. The predicted molar refractivity (Wildman–Crippen MR) is 65.7 cm³/mol. The second kappa shape index (κ2) is 4.53. The molecule has 1 aliphatic heterocycles. The standard InChI is InChI=1S/C9H17N5O2S/c1-7-8(10)9(12-11-7)13-17(15,16)14-5-3-2-4-6-14/h2-6,10H2,1H3,(H2,11,12,13). The Bertz CT molecular complexity index is 489. The molecule has 0 saturated carbocycles. The van der Waals surface area contributed by atoms with Crippen LogP contribution in [0.5, 0.6) is 0 Å². The van der Waals surface area contributed by atoms with Crippen molar-refractivity contribution < 1.29 is 8.42 Å². The quantitative estimate of drug-likeness (QED) is 0.732. The van der Waals surface area contributed by atoms with Crippen LogP contribution in [-0.2, 0) is 10.2 Å². The Morgan fingerprint density at radius 1 is 1.35 bits per heavy atom. The first-order valence-electron chi connectivity index (χ1n) is 5.59. The van der Waals surface area contributed by atoms with Crippen LogP contribution in [-0.4, -0.2) is 36.0 Å². The van der Waals surface area contributed by atoms with Crippen molar-refractivity contribution in [3.63, 3.8) is 0 Å². The minimum Gasteiger partial charge on any atom is -0.394 e. The van der Waals surface area contributed by atoms with Gasteiger partial charge in [-0.25, -0.2) is 0 Å². The van der Waals surface area contributed by atoms with E-state index < -0.39 is 10.2 Å². The number of aryl methyl sites for hydroxylation is 1. The first-order valence-corrected chi connectivity index (χ1v) is 7.03. The van der Waals surface area contributed by atoms with E-state index in [1.165, 1.54) is 4.31 Å². The monoisotopic (exact) mass is 259 g/mol. The van der Waals surface area contributed by atoms with Gasteiger partial charge < -0.3 is 5.73 Å². The number of nitrogens with zero attached hydrogens (tertiary/aromatic N) is 2. The molecule has 1 aromatic rings. The largest absolute Gasteiger partial charge is 0.394 e. The van der Waals surface area contributed by atoms with Crippen molar-refractivity contribution in [3.05, 3.63) is 5.69 Å². The summed E-state index contributed by atoms with van der Waals surface area (Å²) in [6, 6.07) is 0. The van der Waals surface area contributed by atoms with Gasteiger partial charge in [-0.3, -0.25) is 9.82 Å². The molecule has 0 atom stereocenters. The number of nitrogens with one attached hydrogen (secondary N) is 2. The van der Waals surface area contributed by atoms with Crippen molar-refractivity contribution in [2.75, 3.05) is 23.5 Å². The van der Waals surface area contributed by atoms with Crippen molar-refractivity contribution in [3.8, 4) is 0 Å². The third-order valence-electron chi connectivity index (χ3n) is 2.88. The minimum atomic E-state index is -3.52. The van der Waals surface area contributed by atoms with Gasteiger partial charge in [0, 0.05) is 13.1 Å². The summed E-state index contributed by atoms with van der Waals surface area (Å²) in [4.78, 5) is 0. The number of nitrogens with two attached hydrogens (primary N) is 1. The van der Waals surface area contributed by atoms with Crippen LogP contribution in [0.3, 0.4) is 0 Å². The molecule has 0 aromatic carbocycles. The van der Waals surface area contributed by atoms with Gasteiger partial charge >= 0.3 is 10.2 Å². The van der Waals surface area contributed by atoms with Crippen LogP contribution in [0, 0.1) is 6.92 Å². The Balaban J connectivity index is 2.14. The third-order valence-corrected chi connectivity index (χ3v) is 4.37. The molecule has 1 aromatic heterocycles. The molecule has 0 aliphatic carbocycles. The summed E-state index contributed by atoms with van der Waals surface area (Å²) < 4.78 is 27.9. The van der Waals surface area contributed by atoms with Crippen LogP contribution < -0.4 is 10.5 Å². The molecular weight excluding hydrogens is 242 g/mol. The zero-order valence-electron chi connectivity index (χ0n) is 9.73. The molecule has 1 fully saturated rings. The summed E-state index contributed by atoms with van der Waals surface area (Å²) in [5, 5.41) is 6.47. The molecule has 0 spiro atoms. The Morgan fingerprint density at radius 2 is 2.00 bits per heavy atom. The van der Waals surface area contributed by atoms with Gasteiger partial charge in [0.05, 0.1) is 11.4 Å². The molecule has 2 heterocycles. The maximum absolute atomic E-state index is 12.0.